The van der Waals surface area contributed by atoms with Crippen LogP contribution < -0.4 is 9.47 Å². The normalized spacial score (nSPS) is 11.9. The van der Waals surface area contributed by atoms with Gasteiger partial charge in [-0.25, -0.2) is 0 Å². The number of hydrogen-bond acceptors (Lipinski definition) is 3. The Morgan fingerprint density at radius 2 is 1.50 bits per heavy atom. The summed E-state index contributed by atoms with van der Waals surface area (Å²) in [5.41, 5.74) is 1.63. The Hall–Kier alpha value is -2.00. The molecule has 0 spiro atoms. The van der Waals surface area contributed by atoms with Crippen LogP contribution in [0.5, 0.6) is 11.5 Å². The standard InChI is InChI=1S/C15H16O3/c1-17-13-8-6-11(7-9-13)15(16)12-4-3-5-14(10-12)18-2/h3-10,15-16H,1-2H3. The Morgan fingerprint density at radius 1 is 0.833 bits per heavy atom. The Kier molecular flexibility index (Phi) is 3.85. The number of ether oxygens (including phenoxy) is 2. The van der Waals surface area contributed by atoms with Gasteiger partial charge >= 0.3 is 0 Å². The third-order valence-corrected chi connectivity index (χ3v) is 2.84. The summed E-state index contributed by atoms with van der Waals surface area (Å²) in [6, 6.07) is 14.8. The average Bonchev–Trinajstić information content (AvgIpc) is 2.46. The van der Waals surface area contributed by atoms with Crippen LogP contribution >= 0.6 is 0 Å². The zero-order valence-corrected chi connectivity index (χ0v) is 10.5. The van der Waals surface area contributed by atoms with Crippen molar-refractivity contribution < 1.29 is 14.6 Å². The maximum absolute atomic E-state index is 10.3. The zero-order valence-electron chi connectivity index (χ0n) is 10.5. The number of methoxy groups -OCH3 is 2. The van der Waals surface area contributed by atoms with E-state index in [9.17, 15) is 5.11 Å². The Bertz CT molecular complexity index is 505. The molecule has 2 rings (SSSR count). The van der Waals surface area contributed by atoms with Crippen LogP contribution in [0.4, 0.5) is 0 Å². The lowest BCUT2D eigenvalue weighted by Crippen LogP contribution is -2.00. The monoisotopic (exact) mass is 244 g/mol. The van der Waals surface area contributed by atoms with Gasteiger partial charge < -0.3 is 14.6 Å². The molecule has 2 aromatic carbocycles. The van der Waals surface area contributed by atoms with E-state index >= 15 is 0 Å². The van der Waals surface area contributed by atoms with Crippen molar-refractivity contribution in [3.05, 3.63) is 59.7 Å². The lowest BCUT2D eigenvalue weighted by atomic mass is 10.0. The van der Waals surface area contributed by atoms with Crippen molar-refractivity contribution >= 4 is 0 Å². The second-order valence-electron chi connectivity index (χ2n) is 3.95. The minimum atomic E-state index is -0.661. The van der Waals surface area contributed by atoms with Gasteiger partial charge in [-0.05, 0) is 35.4 Å². The fourth-order valence-corrected chi connectivity index (χ4v) is 1.79. The van der Waals surface area contributed by atoms with E-state index < -0.39 is 6.10 Å². The van der Waals surface area contributed by atoms with Gasteiger partial charge in [0.1, 0.15) is 17.6 Å². The van der Waals surface area contributed by atoms with Crippen molar-refractivity contribution in [1.29, 1.82) is 0 Å². The Morgan fingerprint density at radius 3 is 2.11 bits per heavy atom. The molecule has 0 bridgehead atoms. The predicted octanol–water partition coefficient (Wildman–Crippen LogP) is 2.79. The second kappa shape index (κ2) is 5.56. The van der Waals surface area contributed by atoms with Gasteiger partial charge in [0.25, 0.3) is 0 Å². The SMILES string of the molecule is COc1ccc(C(O)c2cccc(OC)c2)cc1. The molecule has 0 heterocycles. The quantitative estimate of drug-likeness (QED) is 0.898. The van der Waals surface area contributed by atoms with E-state index in [1.165, 1.54) is 0 Å². The van der Waals surface area contributed by atoms with Crippen LogP contribution in [0.25, 0.3) is 0 Å². The Balaban J connectivity index is 2.25. The molecule has 0 aliphatic carbocycles. The van der Waals surface area contributed by atoms with E-state index in [0.29, 0.717) is 0 Å². The number of benzene rings is 2. The van der Waals surface area contributed by atoms with E-state index in [1.807, 2.05) is 48.5 Å². The summed E-state index contributed by atoms with van der Waals surface area (Å²) in [4.78, 5) is 0. The van der Waals surface area contributed by atoms with E-state index in [-0.39, 0.29) is 0 Å². The first-order chi connectivity index (χ1) is 8.74. The lowest BCUT2D eigenvalue weighted by molar-refractivity contribution is 0.219. The number of aliphatic hydroxyl groups is 1. The van der Waals surface area contributed by atoms with Gasteiger partial charge in [0.2, 0.25) is 0 Å². The molecule has 0 fully saturated rings. The molecule has 0 aliphatic rings. The Labute approximate surface area is 107 Å². The van der Waals surface area contributed by atoms with Gasteiger partial charge in [0.15, 0.2) is 0 Å². The zero-order chi connectivity index (χ0) is 13.0. The van der Waals surface area contributed by atoms with Crippen molar-refractivity contribution in [3.8, 4) is 11.5 Å². The van der Waals surface area contributed by atoms with Gasteiger partial charge in [-0.15, -0.1) is 0 Å². The summed E-state index contributed by atoms with van der Waals surface area (Å²) in [6.07, 6.45) is -0.661. The molecule has 2 aromatic rings. The first-order valence-corrected chi connectivity index (χ1v) is 5.70. The highest BCUT2D eigenvalue weighted by Gasteiger charge is 2.11. The third kappa shape index (κ3) is 2.63. The van der Waals surface area contributed by atoms with Gasteiger partial charge in [0, 0.05) is 0 Å². The molecule has 3 nitrogen and oxygen atoms in total. The summed E-state index contributed by atoms with van der Waals surface area (Å²) in [5, 5.41) is 10.3. The summed E-state index contributed by atoms with van der Waals surface area (Å²) >= 11 is 0. The number of rotatable bonds is 4. The average molecular weight is 244 g/mol. The summed E-state index contributed by atoms with van der Waals surface area (Å²) < 4.78 is 10.2. The molecular formula is C15H16O3. The van der Waals surface area contributed by atoms with Crippen molar-refractivity contribution in [2.24, 2.45) is 0 Å². The van der Waals surface area contributed by atoms with Gasteiger partial charge in [-0.1, -0.05) is 24.3 Å². The largest absolute Gasteiger partial charge is 0.497 e. The predicted molar refractivity (Wildman–Crippen MR) is 70.0 cm³/mol. The van der Waals surface area contributed by atoms with Crippen LogP contribution in [0.2, 0.25) is 0 Å². The molecule has 0 aliphatic heterocycles. The smallest absolute Gasteiger partial charge is 0.119 e. The maximum Gasteiger partial charge on any atom is 0.119 e. The first-order valence-electron chi connectivity index (χ1n) is 5.70. The fraction of sp³-hybridized carbons (Fsp3) is 0.200. The van der Waals surface area contributed by atoms with E-state index in [0.717, 1.165) is 22.6 Å². The van der Waals surface area contributed by atoms with Crippen LogP contribution in [-0.2, 0) is 0 Å². The molecule has 1 N–H and O–H groups in total. The molecule has 18 heavy (non-hydrogen) atoms. The van der Waals surface area contributed by atoms with Gasteiger partial charge in [-0.3, -0.25) is 0 Å². The summed E-state index contributed by atoms with van der Waals surface area (Å²) in [6.45, 7) is 0. The molecule has 1 atom stereocenters. The summed E-state index contributed by atoms with van der Waals surface area (Å²) in [7, 11) is 3.23. The van der Waals surface area contributed by atoms with Crippen LogP contribution in [0.15, 0.2) is 48.5 Å². The highest BCUT2D eigenvalue weighted by atomic mass is 16.5. The topological polar surface area (TPSA) is 38.7 Å². The van der Waals surface area contributed by atoms with E-state index in [1.54, 1.807) is 14.2 Å². The number of aliphatic hydroxyl groups excluding tert-OH is 1. The van der Waals surface area contributed by atoms with Crippen LogP contribution in [0.1, 0.15) is 17.2 Å². The highest BCUT2D eigenvalue weighted by Crippen LogP contribution is 2.26. The molecule has 3 heteroatoms. The minimum absolute atomic E-state index is 0.661. The van der Waals surface area contributed by atoms with Crippen molar-refractivity contribution in [1.82, 2.24) is 0 Å². The van der Waals surface area contributed by atoms with E-state index in [2.05, 4.69) is 0 Å². The number of hydrogen-bond donors (Lipinski definition) is 1. The highest BCUT2D eigenvalue weighted by molar-refractivity contribution is 5.37. The first kappa shape index (κ1) is 12.5. The minimum Gasteiger partial charge on any atom is -0.497 e. The molecular weight excluding hydrogens is 228 g/mol. The fourth-order valence-electron chi connectivity index (χ4n) is 1.79. The lowest BCUT2D eigenvalue weighted by Gasteiger charge is -2.13. The third-order valence-electron chi connectivity index (χ3n) is 2.84. The van der Waals surface area contributed by atoms with Crippen molar-refractivity contribution in [3.63, 3.8) is 0 Å². The van der Waals surface area contributed by atoms with Crippen molar-refractivity contribution in [2.45, 2.75) is 6.10 Å². The van der Waals surface area contributed by atoms with Crippen LogP contribution in [0.3, 0.4) is 0 Å². The van der Waals surface area contributed by atoms with Gasteiger partial charge in [-0.2, -0.15) is 0 Å². The van der Waals surface area contributed by atoms with Gasteiger partial charge in [0.05, 0.1) is 14.2 Å². The molecule has 0 saturated heterocycles. The molecule has 1 unspecified atom stereocenters. The van der Waals surface area contributed by atoms with Crippen LogP contribution in [0, 0.1) is 0 Å². The van der Waals surface area contributed by atoms with Crippen molar-refractivity contribution in [2.75, 3.05) is 14.2 Å². The molecule has 0 radical (unpaired) electrons. The van der Waals surface area contributed by atoms with Crippen LogP contribution in [-0.4, -0.2) is 19.3 Å². The van der Waals surface area contributed by atoms with E-state index in [4.69, 9.17) is 9.47 Å². The summed E-state index contributed by atoms with van der Waals surface area (Å²) in [5.74, 6) is 1.51. The molecule has 0 aromatic heterocycles. The molecule has 0 saturated carbocycles. The molecule has 94 valence electrons. The molecule has 0 amide bonds. The second-order valence-corrected chi connectivity index (χ2v) is 3.95. The maximum atomic E-state index is 10.3.